The van der Waals surface area contributed by atoms with E-state index in [1.54, 1.807) is 0 Å². The lowest BCUT2D eigenvalue weighted by atomic mass is 10.0. The molecule has 0 aliphatic carbocycles. The number of hydrogen-bond donors (Lipinski definition) is 4. The summed E-state index contributed by atoms with van der Waals surface area (Å²) >= 11 is 0. The van der Waals surface area contributed by atoms with Gasteiger partial charge in [0.05, 0.1) is 11.1 Å². The first kappa shape index (κ1) is 17.8. The van der Waals surface area contributed by atoms with E-state index >= 15 is 0 Å². The summed E-state index contributed by atoms with van der Waals surface area (Å²) in [6.45, 7) is 1.25. The molecule has 2 aromatic rings. The lowest BCUT2D eigenvalue weighted by Gasteiger charge is -2.19. The molecule has 1 aromatic carbocycles. The van der Waals surface area contributed by atoms with E-state index in [-0.39, 0.29) is 28.8 Å². The van der Waals surface area contributed by atoms with Gasteiger partial charge in [0.25, 0.3) is 0 Å². The number of aromatic nitrogens is 2. The molecular weight excluding hydrogens is 329 g/mol. The van der Waals surface area contributed by atoms with Crippen molar-refractivity contribution < 1.29 is 28.1 Å². The normalized spacial score (nSPS) is 14.2. The van der Waals surface area contributed by atoms with Crippen LogP contribution in [0.25, 0.3) is 11.1 Å². The number of aliphatic hydroxyl groups excluding tert-OH is 2. The van der Waals surface area contributed by atoms with Gasteiger partial charge in [0.1, 0.15) is 11.9 Å². The largest absolute Gasteiger partial charge is 0.444 e. The van der Waals surface area contributed by atoms with Crippen LogP contribution < -0.4 is 16.2 Å². The Morgan fingerprint density at radius 3 is 2.42 bits per heavy atom. The van der Waals surface area contributed by atoms with Gasteiger partial charge in [-0.2, -0.15) is 23.1 Å². The van der Waals surface area contributed by atoms with E-state index in [2.05, 4.69) is 9.97 Å². The lowest BCUT2D eigenvalue weighted by molar-refractivity contribution is -0.137. The summed E-state index contributed by atoms with van der Waals surface area (Å²) in [5.74, 6) is -0.863. The third-order valence-electron chi connectivity index (χ3n) is 3.04. The molecule has 1 unspecified atom stereocenters. The maximum absolute atomic E-state index is 12.9. The first-order chi connectivity index (χ1) is 11.1. The molecule has 1 aromatic heterocycles. The van der Waals surface area contributed by atoms with Crippen LogP contribution in [0.5, 0.6) is 5.88 Å². The quantitative estimate of drug-likeness (QED) is 0.617. The van der Waals surface area contributed by atoms with E-state index < -0.39 is 24.1 Å². The SMILES string of the molecule is CC(O)[C@H](O)Oc1nc(N)nc(N)c1-c1cccc(C(F)(F)F)c1. The topological polar surface area (TPSA) is 128 Å². The fraction of sp³-hybridized carbons (Fsp3) is 0.286. The molecule has 7 nitrogen and oxygen atoms in total. The summed E-state index contributed by atoms with van der Waals surface area (Å²) in [5, 5.41) is 18.9. The highest BCUT2D eigenvalue weighted by Gasteiger charge is 2.31. The molecule has 2 atom stereocenters. The number of anilines is 2. The predicted octanol–water partition coefficient (Wildman–Crippen LogP) is 1.40. The summed E-state index contributed by atoms with van der Waals surface area (Å²) in [5.41, 5.74) is 10.2. The Morgan fingerprint density at radius 1 is 1.17 bits per heavy atom. The average molecular weight is 344 g/mol. The number of alkyl halides is 3. The predicted molar refractivity (Wildman–Crippen MR) is 79.6 cm³/mol. The van der Waals surface area contributed by atoms with Gasteiger partial charge in [0, 0.05) is 0 Å². The third-order valence-corrected chi connectivity index (χ3v) is 3.04. The maximum atomic E-state index is 12.9. The number of ether oxygens (including phenoxy) is 1. The molecule has 0 aliphatic rings. The molecule has 10 heteroatoms. The van der Waals surface area contributed by atoms with E-state index in [1.807, 2.05) is 0 Å². The van der Waals surface area contributed by atoms with Crippen LogP contribution in [0, 0.1) is 0 Å². The van der Waals surface area contributed by atoms with Crippen LogP contribution in [-0.4, -0.2) is 32.6 Å². The molecular formula is C14H15F3N4O3. The Hall–Kier alpha value is -2.59. The van der Waals surface area contributed by atoms with Crippen molar-refractivity contribution in [3.63, 3.8) is 0 Å². The fourth-order valence-electron chi connectivity index (χ4n) is 1.89. The molecule has 1 heterocycles. The van der Waals surface area contributed by atoms with Crippen LogP contribution >= 0.6 is 0 Å². The first-order valence-corrected chi connectivity index (χ1v) is 6.73. The van der Waals surface area contributed by atoms with E-state index in [4.69, 9.17) is 16.2 Å². The molecule has 0 amide bonds. The minimum Gasteiger partial charge on any atom is -0.444 e. The first-order valence-electron chi connectivity index (χ1n) is 6.73. The zero-order valence-corrected chi connectivity index (χ0v) is 12.4. The summed E-state index contributed by atoms with van der Waals surface area (Å²) in [4.78, 5) is 7.43. The molecule has 6 N–H and O–H groups in total. The van der Waals surface area contributed by atoms with E-state index in [1.165, 1.54) is 19.1 Å². The summed E-state index contributed by atoms with van der Waals surface area (Å²) in [6.07, 6.45) is -7.51. The van der Waals surface area contributed by atoms with Gasteiger partial charge in [-0.05, 0) is 24.6 Å². The Kier molecular flexibility index (Phi) is 4.81. The van der Waals surface area contributed by atoms with Crippen LogP contribution in [0.1, 0.15) is 12.5 Å². The Labute approximate surface area is 134 Å². The van der Waals surface area contributed by atoms with Crippen LogP contribution in [0.15, 0.2) is 24.3 Å². The van der Waals surface area contributed by atoms with Crippen molar-refractivity contribution in [3.05, 3.63) is 29.8 Å². The van der Waals surface area contributed by atoms with Crippen molar-refractivity contribution >= 4 is 11.8 Å². The number of halogens is 3. The van der Waals surface area contributed by atoms with Gasteiger partial charge in [-0.3, -0.25) is 0 Å². The van der Waals surface area contributed by atoms with Crippen LogP contribution in [-0.2, 0) is 6.18 Å². The summed E-state index contributed by atoms with van der Waals surface area (Å²) < 4.78 is 43.7. The smallest absolute Gasteiger partial charge is 0.416 e. The van der Waals surface area contributed by atoms with Crippen molar-refractivity contribution in [1.82, 2.24) is 9.97 Å². The molecule has 24 heavy (non-hydrogen) atoms. The zero-order chi connectivity index (χ0) is 18.1. The molecule has 0 aliphatic heterocycles. The van der Waals surface area contributed by atoms with Crippen molar-refractivity contribution in [2.45, 2.75) is 25.5 Å². The second-order valence-corrected chi connectivity index (χ2v) is 4.97. The zero-order valence-electron chi connectivity index (χ0n) is 12.4. The average Bonchev–Trinajstić information content (AvgIpc) is 2.45. The van der Waals surface area contributed by atoms with Gasteiger partial charge in [-0.15, -0.1) is 0 Å². The highest BCUT2D eigenvalue weighted by atomic mass is 19.4. The monoisotopic (exact) mass is 344 g/mol. The summed E-state index contributed by atoms with van der Waals surface area (Å²) in [6, 6.07) is 4.26. The minimum absolute atomic E-state index is 0.0233. The van der Waals surface area contributed by atoms with E-state index in [0.29, 0.717) is 0 Å². The van der Waals surface area contributed by atoms with Crippen molar-refractivity contribution in [2.75, 3.05) is 11.5 Å². The van der Waals surface area contributed by atoms with Gasteiger partial charge in [-0.25, -0.2) is 0 Å². The standard InChI is InChI=1S/C14H15F3N4O3/c1-6(22)12(23)24-11-9(10(18)20-13(19)21-11)7-3-2-4-8(5-7)14(15,16)17/h2-6,12,22-23H,1H3,(H4,18,19,20,21)/t6?,12-/m1/s1. The lowest BCUT2D eigenvalue weighted by Crippen LogP contribution is -2.29. The second-order valence-electron chi connectivity index (χ2n) is 4.97. The minimum atomic E-state index is -4.56. The van der Waals surface area contributed by atoms with Gasteiger partial charge >= 0.3 is 6.18 Å². The Morgan fingerprint density at radius 2 is 1.83 bits per heavy atom. The number of nitrogen functional groups attached to an aromatic ring is 2. The number of nitrogens with zero attached hydrogens (tertiary/aromatic N) is 2. The van der Waals surface area contributed by atoms with Gasteiger partial charge < -0.3 is 26.4 Å². The van der Waals surface area contributed by atoms with E-state index in [9.17, 15) is 23.4 Å². The summed E-state index contributed by atoms with van der Waals surface area (Å²) in [7, 11) is 0. The number of nitrogens with two attached hydrogens (primary N) is 2. The van der Waals surface area contributed by atoms with Crippen molar-refractivity contribution in [3.8, 4) is 17.0 Å². The molecule has 0 saturated carbocycles. The molecule has 0 bridgehead atoms. The highest BCUT2D eigenvalue weighted by molar-refractivity contribution is 5.79. The van der Waals surface area contributed by atoms with Gasteiger partial charge in [-0.1, -0.05) is 12.1 Å². The number of aliphatic hydroxyl groups is 2. The third kappa shape index (κ3) is 3.84. The van der Waals surface area contributed by atoms with Gasteiger partial charge in [0.2, 0.25) is 18.1 Å². The fourth-order valence-corrected chi connectivity index (χ4v) is 1.89. The molecule has 0 spiro atoms. The molecule has 130 valence electrons. The number of rotatable bonds is 4. The number of benzene rings is 1. The van der Waals surface area contributed by atoms with Gasteiger partial charge in [0.15, 0.2) is 0 Å². The van der Waals surface area contributed by atoms with E-state index in [0.717, 1.165) is 12.1 Å². The molecule has 0 saturated heterocycles. The van der Waals surface area contributed by atoms with Crippen LogP contribution in [0.3, 0.4) is 0 Å². The molecule has 0 fully saturated rings. The Bertz CT molecular complexity index is 738. The Balaban J connectivity index is 2.57. The van der Waals surface area contributed by atoms with Crippen LogP contribution in [0.4, 0.5) is 24.9 Å². The number of hydrogen-bond acceptors (Lipinski definition) is 7. The maximum Gasteiger partial charge on any atom is 0.416 e. The molecule has 0 radical (unpaired) electrons. The van der Waals surface area contributed by atoms with Crippen molar-refractivity contribution in [1.29, 1.82) is 0 Å². The molecule has 2 rings (SSSR count). The van der Waals surface area contributed by atoms with Crippen LogP contribution in [0.2, 0.25) is 0 Å². The highest BCUT2D eigenvalue weighted by Crippen LogP contribution is 2.37. The van der Waals surface area contributed by atoms with Crippen molar-refractivity contribution in [2.24, 2.45) is 0 Å². The second kappa shape index (κ2) is 6.49.